The topological polar surface area (TPSA) is 111 Å². The van der Waals surface area contributed by atoms with Gasteiger partial charge in [0.05, 0.1) is 12.6 Å². The molecular weight excluding hydrogens is 318 g/mol. The molecule has 21 heavy (non-hydrogen) atoms. The van der Waals surface area contributed by atoms with Crippen LogP contribution in [0.15, 0.2) is 28.4 Å². The highest BCUT2D eigenvalue weighted by Crippen LogP contribution is 2.23. The van der Waals surface area contributed by atoms with Crippen molar-refractivity contribution < 1.29 is 19.8 Å². The fourth-order valence-corrected chi connectivity index (χ4v) is 2.61. The van der Waals surface area contributed by atoms with Crippen LogP contribution in [0.1, 0.15) is 12.0 Å². The number of carbonyl (C=O) groups excluding carboxylic acids is 1. The second kappa shape index (κ2) is 6.59. The fourth-order valence-electron chi connectivity index (χ4n) is 1.52. The van der Waals surface area contributed by atoms with Crippen molar-refractivity contribution in [2.24, 2.45) is 10.2 Å². The number of carboxylic acid groups (broad SMARTS) is 1. The molecule has 1 saturated heterocycles. The third-order valence-corrected chi connectivity index (χ3v) is 3.78. The number of aliphatic carboxylic acids is 1. The second-order valence-electron chi connectivity index (χ2n) is 4.05. The second-order valence-corrected chi connectivity index (χ2v) is 5.67. The Morgan fingerprint density at radius 2 is 2.29 bits per heavy atom. The summed E-state index contributed by atoms with van der Waals surface area (Å²) in [6, 6.07) is 4.46. The maximum Gasteiger partial charge on any atom is 0.305 e. The Kier molecular flexibility index (Phi) is 4.81. The average molecular weight is 328 g/mol. The van der Waals surface area contributed by atoms with Crippen LogP contribution in [0.4, 0.5) is 0 Å². The van der Waals surface area contributed by atoms with Gasteiger partial charge < -0.3 is 15.5 Å². The van der Waals surface area contributed by atoms with E-state index in [2.05, 4.69) is 15.5 Å². The number of hydrogen-bond acceptors (Lipinski definition) is 6. The van der Waals surface area contributed by atoms with E-state index in [9.17, 15) is 14.7 Å². The van der Waals surface area contributed by atoms with Crippen LogP contribution in [-0.2, 0) is 9.59 Å². The van der Waals surface area contributed by atoms with E-state index >= 15 is 0 Å². The van der Waals surface area contributed by atoms with Gasteiger partial charge in [-0.15, -0.1) is 5.10 Å². The zero-order chi connectivity index (χ0) is 15.4. The van der Waals surface area contributed by atoms with Crippen LogP contribution >= 0.6 is 23.4 Å². The van der Waals surface area contributed by atoms with Crippen LogP contribution in [0, 0.1) is 0 Å². The van der Waals surface area contributed by atoms with Crippen molar-refractivity contribution in [3.63, 3.8) is 0 Å². The van der Waals surface area contributed by atoms with Gasteiger partial charge in [0, 0.05) is 10.6 Å². The number of amides is 1. The molecule has 3 N–H and O–H groups in total. The molecule has 1 heterocycles. The lowest BCUT2D eigenvalue weighted by Gasteiger charge is -1.98. The fraction of sp³-hybridized carbons (Fsp3) is 0.167. The Morgan fingerprint density at radius 1 is 1.52 bits per heavy atom. The van der Waals surface area contributed by atoms with Crippen LogP contribution < -0.4 is 5.32 Å². The number of thioether (sulfide) groups is 1. The van der Waals surface area contributed by atoms with Gasteiger partial charge in [0.2, 0.25) is 5.91 Å². The summed E-state index contributed by atoms with van der Waals surface area (Å²) in [5.74, 6) is -1.48. The maximum absolute atomic E-state index is 11.5. The zero-order valence-electron chi connectivity index (χ0n) is 10.5. The Balaban J connectivity index is 2.05. The highest BCUT2D eigenvalue weighted by molar-refractivity contribution is 8.15. The van der Waals surface area contributed by atoms with Gasteiger partial charge in [0.15, 0.2) is 5.17 Å². The molecule has 1 atom stereocenters. The smallest absolute Gasteiger partial charge is 0.305 e. The van der Waals surface area contributed by atoms with Crippen molar-refractivity contribution in [1.82, 2.24) is 5.32 Å². The van der Waals surface area contributed by atoms with Crippen LogP contribution in [0.5, 0.6) is 5.75 Å². The summed E-state index contributed by atoms with van der Waals surface area (Å²) in [6.07, 6.45) is 1.000. The van der Waals surface area contributed by atoms with Gasteiger partial charge in [-0.25, -0.2) is 0 Å². The summed E-state index contributed by atoms with van der Waals surface area (Å²) < 4.78 is 0. The molecule has 0 aromatic heterocycles. The van der Waals surface area contributed by atoms with E-state index in [1.54, 1.807) is 0 Å². The normalized spacial score (nSPS) is 20.1. The number of halogens is 1. The van der Waals surface area contributed by atoms with E-state index < -0.39 is 17.1 Å². The molecule has 2 rings (SSSR count). The number of carbonyl (C=O) groups is 2. The molecule has 1 amide bonds. The quantitative estimate of drug-likeness (QED) is 0.572. The van der Waals surface area contributed by atoms with E-state index in [-0.39, 0.29) is 17.3 Å². The first-order valence-electron chi connectivity index (χ1n) is 5.74. The number of carboxylic acids is 1. The van der Waals surface area contributed by atoms with Crippen molar-refractivity contribution in [2.45, 2.75) is 11.7 Å². The predicted molar refractivity (Wildman–Crippen MR) is 79.9 cm³/mol. The van der Waals surface area contributed by atoms with E-state index in [1.807, 2.05) is 0 Å². The molecule has 1 fully saturated rings. The van der Waals surface area contributed by atoms with E-state index in [0.717, 1.165) is 11.8 Å². The summed E-state index contributed by atoms with van der Waals surface area (Å²) in [4.78, 5) is 22.0. The lowest BCUT2D eigenvalue weighted by molar-refractivity contribution is -0.138. The van der Waals surface area contributed by atoms with Gasteiger partial charge in [-0.3, -0.25) is 9.59 Å². The van der Waals surface area contributed by atoms with Crippen molar-refractivity contribution in [3.05, 3.63) is 28.8 Å². The molecule has 9 heteroatoms. The zero-order valence-corrected chi connectivity index (χ0v) is 12.1. The Bertz CT molecular complexity index is 647. The number of amidine groups is 1. The molecule has 0 radical (unpaired) electrons. The standard InChI is InChI=1S/C12H10ClN3O4S/c13-7-1-2-8(17)6(3-7)5-14-16-12-15-11(20)9(21-12)4-10(18)19/h1-3,5,9,17H,4H2,(H,18,19)(H,15,16,20)/t9-/m1/s1. The minimum atomic E-state index is -1.06. The highest BCUT2D eigenvalue weighted by atomic mass is 35.5. The lowest BCUT2D eigenvalue weighted by Crippen LogP contribution is -2.26. The third-order valence-electron chi connectivity index (χ3n) is 2.47. The van der Waals surface area contributed by atoms with Crippen LogP contribution in [0.2, 0.25) is 5.02 Å². The minimum absolute atomic E-state index is 0.00443. The number of nitrogens with one attached hydrogen (secondary N) is 1. The first-order valence-corrected chi connectivity index (χ1v) is 7.00. The monoisotopic (exact) mass is 327 g/mol. The molecule has 110 valence electrons. The highest BCUT2D eigenvalue weighted by Gasteiger charge is 2.32. The Labute approximate surface area is 128 Å². The number of benzene rings is 1. The van der Waals surface area contributed by atoms with Gasteiger partial charge in [-0.2, -0.15) is 5.10 Å². The molecule has 0 unspecified atom stereocenters. The van der Waals surface area contributed by atoms with E-state index in [0.29, 0.717) is 10.6 Å². The van der Waals surface area contributed by atoms with Crippen molar-refractivity contribution >= 4 is 46.6 Å². The predicted octanol–water partition coefficient (Wildman–Crippen LogP) is 1.44. The van der Waals surface area contributed by atoms with Gasteiger partial charge in [-0.1, -0.05) is 23.4 Å². The number of rotatable bonds is 4. The molecule has 1 aliphatic heterocycles. The first kappa shape index (κ1) is 15.3. The van der Waals surface area contributed by atoms with Crippen LogP contribution in [0.3, 0.4) is 0 Å². The summed E-state index contributed by atoms with van der Waals surface area (Å²) >= 11 is 6.78. The van der Waals surface area contributed by atoms with Crippen molar-refractivity contribution in [3.8, 4) is 5.75 Å². The number of phenols is 1. The Hall–Kier alpha value is -2.06. The molecule has 7 nitrogen and oxygen atoms in total. The van der Waals surface area contributed by atoms with E-state index in [1.165, 1.54) is 24.4 Å². The molecular formula is C12H10ClN3O4S. The maximum atomic E-state index is 11.5. The third kappa shape index (κ3) is 4.20. The molecule has 0 aliphatic carbocycles. The SMILES string of the molecule is O=C(O)C[C@H]1S/C(=N\N=Cc2cc(Cl)ccc2O)NC1=O. The van der Waals surface area contributed by atoms with Crippen LogP contribution in [0.25, 0.3) is 0 Å². The first-order chi connectivity index (χ1) is 9.95. The lowest BCUT2D eigenvalue weighted by atomic mass is 10.2. The van der Waals surface area contributed by atoms with E-state index in [4.69, 9.17) is 16.7 Å². The molecule has 0 spiro atoms. The van der Waals surface area contributed by atoms with Crippen molar-refractivity contribution in [1.29, 1.82) is 0 Å². The molecule has 1 aliphatic rings. The molecule has 1 aromatic carbocycles. The largest absolute Gasteiger partial charge is 0.507 e. The van der Waals surface area contributed by atoms with Crippen molar-refractivity contribution in [2.75, 3.05) is 0 Å². The summed E-state index contributed by atoms with van der Waals surface area (Å²) in [6.45, 7) is 0. The summed E-state index contributed by atoms with van der Waals surface area (Å²) in [5, 5.41) is 28.1. The number of aromatic hydroxyl groups is 1. The number of hydrogen-bond donors (Lipinski definition) is 3. The number of phenolic OH excluding ortho intramolecular Hbond substituents is 1. The average Bonchev–Trinajstić information content (AvgIpc) is 2.73. The Morgan fingerprint density at radius 3 is 3.00 bits per heavy atom. The number of nitrogens with zero attached hydrogens (tertiary/aromatic N) is 2. The van der Waals surface area contributed by atoms with Crippen LogP contribution in [-0.4, -0.2) is 38.7 Å². The van der Waals surface area contributed by atoms with Gasteiger partial charge in [-0.05, 0) is 18.2 Å². The molecule has 1 aromatic rings. The molecule has 0 bridgehead atoms. The van der Waals surface area contributed by atoms with Gasteiger partial charge in [0.1, 0.15) is 11.0 Å². The summed E-state index contributed by atoms with van der Waals surface area (Å²) in [5.41, 5.74) is 0.378. The molecule has 0 saturated carbocycles. The van der Waals surface area contributed by atoms with Gasteiger partial charge in [0.25, 0.3) is 0 Å². The minimum Gasteiger partial charge on any atom is -0.507 e. The summed E-state index contributed by atoms with van der Waals surface area (Å²) in [7, 11) is 0. The van der Waals surface area contributed by atoms with Gasteiger partial charge >= 0.3 is 5.97 Å².